The number of non-ortho nitro benzene ring substituents is 1. The van der Waals surface area contributed by atoms with E-state index in [2.05, 4.69) is 11.6 Å². The maximum Gasteiger partial charge on any atom is 0.271 e. The second kappa shape index (κ2) is 10.1. The van der Waals surface area contributed by atoms with Crippen LogP contribution in [-0.4, -0.2) is 48.3 Å². The van der Waals surface area contributed by atoms with E-state index in [0.717, 1.165) is 4.70 Å². The van der Waals surface area contributed by atoms with Crippen LogP contribution in [0.3, 0.4) is 0 Å². The minimum atomic E-state index is -3.67. The molecule has 4 rings (SSSR count). The molecule has 3 aromatic rings. The molecule has 0 N–H and O–H groups in total. The lowest BCUT2D eigenvalue weighted by atomic mass is 9.98. The molecule has 0 bridgehead atoms. The van der Waals surface area contributed by atoms with Gasteiger partial charge in [-0.3, -0.25) is 14.9 Å². The Bertz CT molecular complexity index is 1450. The largest absolute Gasteiger partial charge is 0.497 e. The number of nitro benzene ring substituents is 1. The van der Waals surface area contributed by atoms with E-state index in [4.69, 9.17) is 4.74 Å². The van der Waals surface area contributed by atoms with Crippen molar-refractivity contribution in [1.82, 2.24) is 8.87 Å². The number of allylic oxidation sites excluding steroid dienone is 1. The SMILES string of the molecule is C=CCn1c(=NC(=O)C2CCN(S(=O)(=O)c3ccc(OC)cc3)CC2)sc2ccc([N+](=O)[O-])cc21. The number of hydrogen-bond acceptors (Lipinski definition) is 7. The molecular formula is C23H24N4O6S2. The van der Waals surface area contributed by atoms with Crippen molar-refractivity contribution in [1.29, 1.82) is 0 Å². The van der Waals surface area contributed by atoms with Crippen LogP contribution in [0.25, 0.3) is 10.2 Å². The molecule has 0 saturated carbocycles. The topological polar surface area (TPSA) is 124 Å². The summed E-state index contributed by atoms with van der Waals surface area (Å²) in [5.41, 5.74) is 0.562. The second-order valence-corrected chi connectivity index (χ2v) is 10.9. The zero-order chi connectivity index (χ0) is 25.2. The molecule has 1 aromatic heterocycles. The Morgan fingerprint density at radius 3 is 2.54 bits per heavy atom. The van der Waals surface area contributed by atoms with Gasteiger partial charge in [-0.1, -0.05) is 17.4 Å². The molecule has 1 fully saturated rings. The number of carbonyl (C=O) groups is 1. The first-order valence-electron chi connectivity index (χ1n) is 10.9. The summed E-state index contributed by atoms with van der Waals surface area (Å²) in [5, 5.41) is 11.2. The van der Waals surface area contributed by atoms with Gasteiger partial charge in [-0.15, -0.1) is 6.58 Å². The highest BCUT2D eigenvalue weighted by Gasteiger charge is 2.32. The third kappa shape index (κ3) is 5.04. The van der Waals surface area contributed by atoms with E-state index in [1.54, 1.807) is 28.8 Å². The monoisotopic (exact) mass is 516 g/mol. The van der Waals surface area contributed by atoms with Gasteiger partial charge in [0.2, 0.25) is 10.0 Å². The molecule has 2 aromatic carbocycles. The number of nitro groups is 1. The van der Waals surface area contributed by atoms with E-state index < -0.39 is 20.9 Å². The zero-order valence-corrected chi connectivity index (χ0v) is 20.6. The number of rotatable bonds is 7. The first-order valence-corrected chi connectivity index (χ1v) is 13.1. The number of amides is 1. The molecule has 0 spiro atoms. The Hall–Kier alpha value is -3.35. The number of sulfonamides is 1. The summed E-state index contributed by atoms with van der Waals surface area (Å²) in [5.74, 6) is -0.168. The van der Waals surface area contributed by atoms with Crippen LogP contribution in [0.2, 0.25) is 0 Å². The van der Waals surface area contributed by atoms with E-state index in [0.29, 0.717) is 35.5 Å². The molecule has 1 aliphatic rings. The molecule has 0 radical (unpaired) electrons. The molecule has 2 heterocycles. The maximum atomic E-state index is 13.0. The summed E-state index contributed by atoms with van der Waals surface area (Å²) in [4.78, 5) is 28.6. The fourth-order valence-corrected chi connectivity index (χ4v) is 6.48. The minimum Gasteiger partial charge on any atom is -0.497 e. The number of thiazole rings is 1. The van der Waals surface area contributed by atoms with Crippen molar-refractivity contribution in [3.8, 4) is 5.75 Å². The smallest absolute Gasteiger partial charge is 0.271 e. The molecule has 12 heteroatoms. The zero-order valence-electron chi connectivity index (χ0n) is 19.0. The highest BCUT2D eigenvalue weighted by molar-refractivity contribution is 7.89. The van der Waals surface area contributed by atoms with Gasteiger partial charge in [-0.25, -0.2) is 8.42 Å². The third-order valence-electron chi connectivity index (χ3n) is 5.89. The number of carbonyl (C=O) groups excluding carboxylic acids is 1. The fraction of sp³-hybridized carbons (Fsp3) is 0.304. The van der Waals surface area contributed by atoms with E-state index in [9.17, 15) is 23.3 Å². The predicted molar refractivity (Wildman–Crippen MR) is 132 cm³/mol. The first-order chi connectivity index (χ1) is 16.7. The van der Waals surface area contributed by atoms with Crippen LogP contribution in [0.15, 0.2) is 65.0 Å². The standard InChI is InChI=1S/C23H24N4O6S2/c1-3-12-26-20-15-17(27(29)30)4-9-21(20)34-23(26)24-22(28)16-10-13-25(14-11-16)35(31,32)19-7-5-18(33-2)6-8-19/h3-9,15-16H,1,10-14H2,2H3. The molecule has 0 unspecified atom stereocenters. The number of hydrogen-bond donors (Lipinski definition) is 0. The lowest BCUT2D eigenvalue weighted by Crippen LogP contribution is -2.40. The number of methoxy groups -OCH3 is 1. The van der Waals surface area contributed by atoms with E-state index in [-0.39, 0.29) is 29.6 Å². The predicted octanol–water partition coefficient (Wildman–Crippen LogP) is 3.33. The van der Waals surface area contributed by atoms with Gasteiger partial charge in [-0.2, -0.15) is 9.30 Å². The number of piperidine rings is 1. The third-order valence-corrected chi connectivity index (χ3v) is 8.87. The van der Waals surface area contributed by atoms with Gasteiger partial charge in [-0.05, 0) is 43.2 Å². The molecule has 1 saturated heterocycles. The Balaban J connectivity index is 1.53. The molecular weight excluding hydrogens is 492 g/mol. The summed E-state index contributed by atoms with van der Waals surface area (Å²) >= 11 is 1.27. The first kappa shape index (κ1) is 24.8. The Kier molecular flexibility index (Phi) is 7.15. The average molecular weight is 517 g/mol. The van der Waals surface area contributed by atoms with Gasteiger partial charge >= 0.3 is 0 Å². The van der Waals surface area contributed by atoms with Crippen molar-refractivity contribution < 1.29 is 22.9 Å². The van der Waals surface area contributed by atoms with Gasteiger partial charge in [0.25, 0.3) is 11.6 Å². The molecule has 0 atom stereocenters. The number of aromatic nitrogens is 1. The highest BCUT2D eigenvalue weighted by atomic mass is 32.2. The highest BCUT2D eigenvalue weighted by Crippen LogP contribution is 2.27. The second-order valence-electron chi connectivity index (χ2n) is 8.00. The average Bonchev–Trinajstić information content (AvgIpc) is 3.20. The molecule has 184 valence electrons. The number of fused-ring (bicyclic) bond motifs is 1. The van der Waals surface area contributed by atoms with Crippen LogP contribution in [0.5, 0.6) is 5.75 Å². The number of benzene rings is 2. The van der Waals surface area contributed by atoms with Crippen molar-refractivity contribution in [2.45, 2.75) is 24.3 Å². The Morgan fingerprint density at radius 1 is 1.26 bits per heavy atom. The van der Waals surface area contributed by atoms with Crippen molar-refractivity contribution in [3.05, 3.63) is 70.0 Å². The lowest BCUT2D eigenvalue weighted by molar-refractivity contribution is -0.384. The van der Waals surface area contributed by atoms with E-state index in [1.165, 1.54) is 47.0 Å². The Labute approximate surface area is 206 Å². The van der Waals surface area contributed by atoms with E-state index >= 15 is 0 Å². The molecule has 10 nitrogen and oxygen atoms in total. The van der Waals surface area contributed by atoms with Crippen LogP contribution >= 0.6 is 11.3 Å². The summed E-state index contributed by atoms with van der Waals surface area (Å²) in [6, 6.07) is 10.7. The van der Waals surface area contributed by atoms with Gasteiger partial charge in [0.15, 0.2) is 4.80 Å². The van der Waals surface area contributed by atoms with Crippen molar-refractivity contribution >= 4 is 43.2 Å². The van der Waals surface area contributed by atoms with Gasteiger partial charge in [0.1, 0.15) is 5.75 Å². The fourth-order valence-electron chi connectivity index (χ4n) is 3.99. The molecule has 1 amide bonds. The number of nitrogens with zero attached hydrogens (tertiary/aromatic N) is 4. The quantitative estimate of drug-likeness (QED) is 0.270. The van der Waals surface area contributed by atoms with Crippen molar-refractivity contribution in [2.24, 2.45) is 10.9 Å². The van der Waals surface area contributed by atoms with Crippen molar-refractivity contribution in [3.63, 3.8) is 0 Å². The summed E-state index contributed by atoms with van der Waals surface area (Å²) < 4.78 is 34.9. The number of ether oxygens (including phenoxy) is 1. The minimum absolute atomic E-state index is 0.0450. The lowest BCUT2D eigenvalue weighted by Gasteiger charge is -2.29. The van der Waals surface area contributed by atoms with Crippen LogP contribution in [-0.2, 0) is 21.4 Å². The molecule has 35 heavy (non-hydrogen) atoms. The summed E-state index contributed by atoms with van der Waals surface area (Å²) in [6.07, 6.45) is 2.35. The summed E-state index contributed by atoms with van der Waals surface area (Å²) in [6.45, 7) is 4.50. The normalized spacial score (nSPS) is 15.9. The van der Waals surface area contributed by atoms with Crippen LogP contribution < -0.4 is 9.54 Å². The van der Waals surface area contributed by atoms with Gasteiger partial charge in [0, 0.05) is 37.7 Å². The molecule has 1 aliphatic heterocycles. The van der Waals surface area contributed by atoms with Crippen LogP contribution in [0.1, 0.15) is 12.8 Å². The van der Waals surface area contributed by atoms with Gasteiger partial charge < -0.3 is 9.30 Å². The van der Waals surface area contributed by atoms with Gasteiger partial charge in [0.05, 0.1) is 27.1 Å². The van der Waals surface area contributed by atoms with Crippen LogP contribution in [0, 0.1) is 16.0 Å². The maximum absolute atomic E-state index is 13.0. The molecule has 0 aliphatic carbocycles. The summed E-state index contributed by atoms with van der Waals surface area (Å²) in [7, 11) is -2.16. The van der Waals surface area contributed by atoms with E-state index in [1.807, 2.05) is 0 Å². The Morgan fingerprint density at radius 2 is 1.94 bits per heavy atom. The van der Waals surface area contributed by atoms with Crippen molar-refractivity contribution in [2.75, 3.05) is 20.2 Å². The van der Waals surface area contributed by atoms with Crippen LogP contribution in [0.4, 0.5) is 5.69 Å².